The van der Waals surface area contributed by atoms with Crippen molar-refractivity contribution < 1.29 is 29.1 Å². The summed E-state index contributed by atoms with van der Waals surface area (Å²) in [6, 6.07) is 12.6. The Morgan fingerprint density at radius 2 is 1.81 bits per heavy atom. The van der Waals surface area contributed by atoms with Crippen molar-refractivity contribution in [1.29, 1.82) is 0 Å². The molecule has 8 heteroatoms. The summed E-state index contributed by atoms with van der Waals surface area (Å²) < 4.78 is 5.38. The van der Waals surface area contributed by atoms with Crippen LogP contribution in [0.3, 0.4) is 0 Å². The normalized spacial score (nSPS) is 11.9. The third-order valence-electron chi connectivity index (χ3n) is 4.02. The number of hydrogen-bond donors (Lipinski definition) is 3. The summed E-state index contributed by atoms with van der Waals surface area (Å²) in [5, 5.41) is 24.8. The lowest BCUT2D eigenvalue weighted by atomic mass is 10.1. The molecule has 138 valence electrons. The monoisotopic (exact) mass is 368 g/mol. The van der Waals surface area contributed by atoms with Gasteiger partial charge in [0.25, 0.3) is 5.91 Å². The van der Waals surface area contributed by atoms with Crippen molar-refractivity contribution in [2.45, 2.75) is 18.9 Å². The summed E-state index contributed by atoms with van der Waals surface area (Å²) in [5.41, 5.74) is 1.58. The number of rotatable bonds is 7. The molecule has 0 bridgehead atoms. The van der Waals surface area contributed by atoms with E-state index < -0.39 is 23.9 Å². The van der Waals surface area contributed by atoms with E-state index >= 15 is 0 Å². The van der Waals surface area contributed by atoms with E-state index in [1.165, 1.54) is 6.07 Å². The molecule has 0 saturated heterocycles. The van der Waals surface area contributed by atoms with Gasteiger partial charge in [0.1, 0.15) is 11.6 Å². The van der Waals surface area contributed by atoms with Gasteiger partial charge in [-0.3, -0.25) is 9.59 Å². The Balaban J connectivity index is 1.86. The van der Waals surface area contributed by atoms with Crippen LogP contribution in [0.5, 0.6) is 0 Å². The van der Waals surface area contributed by atoms with Crippen LogP contribution >= 0.6 is 0 Å². The van der Waals surface area contributed by atoms with E-state index in [1.54, 1.807) is 12.1 Å². The molecule has 0 radical (unpaired) electrons. The molecule has 1 heterocycles. The SMILES string of the molecule is O=C(O)CCC(NC(=O)c1ccc2noc(-c3ccccc3)c2c1)C(=O)O. The molecule has 3 rings (SSSR count). The third kappa shape index (κ3) is 4.12. The number of carbonyl (C=O) groups is 3. The average molecular weight is 368 g/mol. The Morgan fingerprint density at radius 3 is 2.48 bits per heavy atom. The Morgan fingerprint density at radius 1 is 1.07 bits per heavy atom. The van der Waals surface area contributed by atoms with Gasteiger partial charge in [-0.15, -0.1) is 0 Å². The first-order valence-electron chi connectivity index (χ1n) is 8.16. The number of nitrogens with one attached hydrogen (secondary N) is 1. The quantitative estimate of drug-likeness (QED) is 0.584. The second-order valence-corrected chi connectivity index (χ2v) is 5.91. The minimum atomic E-state index is -1.29. The van der Waals surface area contributed by atoms with E-state index in [1.807, 2.05) is 30.3 Å². The fraction of sp³-hybridized carbons (Fsp3) is 0.158. The summed E-state index contributed by atoms with van der Waals surface area (Å²) in [5.74, 6) is -2.54. The van der Waals surface area contributed by atoms with Crippen molar-refractivity contribution in [2.24, 2.45) is 0 Å². The first kappa shape index (κ1) is 18.1. The van der Waals surface area contributed by atoms with Crippen LogP contribution in [0.2, 0.25) is 0 Å². The first-order chi connectivity index (χ1) is 13.0. The van der Waals surface area contributed by atoms with E-state index in [2.05, 4.69) is 10.5 Å². The van der Waals surface area contributed by atoms with Gasteiger partial charge in [0.15, 0.2) is 5.76 Å². The van der Waals surface area contributed by atoms with E-state index in [4.69, 9.17) is 9.63 Å². The van der Waals surface area contributed by atoms with Crippen LogP contribution in [-0.2, 0) is 9.59 Å². The maximum atomic E-state index is 12.4. The van der Waals surface area contributed by atoms with Crippen LogP contribution in [0, 0.1) is 0 Å². The Bertz CT molecular complexity index is 996. The fourth-order valence-corrected chi connectivity index (χ4v) is 2.65. The highest BCUT2D eigenvalue weighted by Crippen LogP contribution is 2.29. The van der Waals surface area contributed by atoms with Gasteiger partial charge >= 0.3 is 11.9 Å². The van der Waals surface area contributed by atoms with Crippen LogP contribution < -0.4 is 5.32 Å². The van der Waals surface area contributed by atoms with E-state index in [0.717, 1.165) is 5.56 Å². The molecule has 0 aliphatic carbocycles. The number of nitrogens with zero attached hydrogens (tertiary/aromatic N) is 1. The average Bonchev–Trinajstić information content (AvgIpc) is 3.08. The summed E-state index contributed by atoms with van der Waals surface area (Å²) in [7, 11) is 0. The second kappa shape index (κ2) is 7.69. The predicted octanol–water partition coefficient (Wildman–Crippen LogP) is 2.54. The highest BCUT2D eigenvalue weighted by atomic mass is 16.5. The van der Waals surface area contributed by atoms with Crippen LogP contribution in [0.4, 0.5) is 0 Å². The lowest BCUT2D eigenvalue weighted by Crippen LogP contribution is -2.41. The smallest absolute Gasteiger partial charge is 0.326 e. The zero-order valence-electron chi connectivity index (χ0n) is 14.1. The topological polar surface area (TPSA) is 130 Å². The van der Waals surface area contributed by atoms with Gasteiger partial charge in [-0.2, -0.15) is 0 Å². The second-order valence-electron chi connectivity index (χ2n) is 5.91. The van der Waals surface area contributed by atoms with Crippen molar-refractivity contribution in [3.63, 3.8) is 0 Å². The molecule has 2 aromatic carbocycles. The molecular formula is C19H16N2O6. The minimum Gasteiger partial charge on any atom is -0.481 e. The molecule has 27 heavy (non-hydrogen) atoms. The van der Waals surface area contributed by atoms with Crippen LogP contribution in [0.15, 0.2) is 53.1 Å². The standard InChI is InChI=1S/C19H16N2O6/c22-16(23)9-8-15(19(25)26)20-18(24)12-6-7-14-13(10-12)17(27-21-14)11-4-2-1-3-5-11/h1-7,10,15H,8-9H2,(H,20,24)(H,22,23)(H,25,26). The zero-order valence-corrected chi connectivity index (χ0v) is 14.1. The maximum Gasteiger partial charge on any atom is 0.326 e. The lowest BCUT2D eigenvalue weighted by Gasteiger charge is -2.13. The number of amides is 1. The van der Waals surface area contributed by atoms with Crippen molar-refractivity contribution >= 4 is 28.7 Å². The van der Waals surface area contributed by atoms with Crippen LogP contribution in [-0.4, -0.2) is 39.3 Å². The summed E-state index contributed by atoms with van der Waals surface area (Å²) in [6.07, 6.45) is -0.568. The molecule has 3 N–H and O–H groups in total. The van der Waals surface area contributed by atoms with Gasteiger partial charge in [0.05, 0.1) is 5.39 Å². The maximum absolute atomic E-state index is 12.4. The Hall–Kier alpha value is -3.68. The largest absolute Gasteiger partial charge is 0.481 e. The highest BCUT2D eigenvalue weighted by molar-refractivity contribution is 6.02. The molecule has 0 fully saturated rings. The fourth-order valence-electron chi connectivity index (χ4n) is 2.65. The molecule has 0 saturated carbocycles. The molecule has 0 aliphatic rings. The Labute approximate surface area is 153 Å². The van der Waals surface area contributed by atoms with Crippen molar-refractivity contribution in [3.05, 3.63) is 54.1 Å². The summed E-state index contributed by atoms with van der Waals surface area (Å²) in [6.45, 7) is 0. The molecule has 1 unspecified atom stereocenters. The minimum absolute atomic E-state index is 0.207. The summed E-state index contributed by atoms with van der Waals surface area (Å²) >= 11 is 0. The lowest BCUT2D eigenvalue weighted by molar-refractivity contribution is -0.140. The van der Waals surface area contributed by atoms with Crippen molar-refractivity contribution in [2.75, 3.05) is 0 Å². The molecule has 3 aromatic rings. The van der Waals surface area contributed by atoms with Gasteiger partial charge < -0.3 is 20.1 Å². The number of carbonyl (C=O) groups excluding carboxylic acids is 1. The number of carboxylic acids is 2. The zero-order chi connectivity index (χ0) is 19.4. The van der Waals surface area contributed by atoms with Gasteiger partial charge in [-0.25, -0.2) is 4.79 Å². The number of fused-ring (bicyclic) bond motifs is 1. The highest BCUT2D eigenvalue weighted by Gasteiger charge is 2.22. The molecular weight excluding hydrogens is 352 g/mol. The number of aromatic nitrogens is 1. The number of hydrogen-bond acceptors (Lipinski definition) is 5. The van der Waals surface area contributed by atoms with Gasteiger partial charge in [0, 0.05) is 17.5 Å². The van der Waals surface area contributed by atoms with Crippen LogP contribution in [0.1, 0.15) is 23.2 Å². The van der Waals surface area contributed by atoms with E-state index in [9.17, 15) is 19.5 Å². The van der Waals surface area contributed by atoms with Crippen molar-refractivity contribution in [3.8, 4) is 11.3 Å². The first-order valence-corrected chi connectivity index (χ1v) is 8.16. The molecule has 1 aromatic heterocycles. The van der Waals surface area contributed by atoms with Crippen LogP contribution in [0.25, 0.3) is 22.2 Å². The van der Waals surface area contributed by atoms with Gasteiger partial charge in [0.2, 0.25) is 0 Å². The number of aliphatic carboxylic acids is 2. The molecule has 8 nitrogen and oxygen atoms in total. The van der Waals surface area contributed by atoms with Crippen molar-refractivity contribution in [1.82, 2.24) is 10.5 Å². The number of benzene rings is 2. The third-order valence-corrected chi connectivity index (χ3v) is 4.02. The van der Waals surface area contributed by atoms with Gasteiger partial charge in [-0.05, 0) is 24.6 Å². The van der Waals surface area contributed by atoms with E-state index in [0.29, 0.717) is 16.7 Å². The van der Waals surface area contributed by atoms with Gasteiger partial charge in [-0.1, -0.05) is 35.5 Å². The molecule has 1 amide bonds. The number of carboxylic acid groups (broad SMARTS) is 2. The predicted molar refractivity (Wildman–Crippen MR) is 95.2 cm³/mol. The molecule has 1 atom stereocenters. The Kier molecular flexibility index (Phi) is 5.16. The molecule has 0 spiro atoms. The van der Waals surface area contributed by atoms with E-state index in [-0.39, 0.29) is 18.4 Å². The molecule has 0 aliphatic heterocycles. The summed E-state index contributed by atoms with van der Waals surface area (Å²) in [4.78, 5) is 34.3.